The van der Waals surface area contributed by atoms with Crippen molar-refractivity contribution in [1.29, 1.82) is 0 Å². The van der Waals surface area contributed by atoms with Gasteiger partial charge >= 0.3 is 0 Å². The molecule has 1 aliphatic rings. The number of likely N-dealkylation sites (tertiary alicyclic amines) is 1. The maximum Gasteiger partial charge on any atom is 0.191 e. The highest BCUT2D eigenvalue weighted by Crippen LogP contribution is 2.20. The number of benzene rings is 2. The number of hydrogen-bond donors (Lipinski definition) is 3. The van der Waals surface area contributed by atoms with Gasteiger partial charge in [-0.05, 0) is 49.9 Å². The number of hydrogen-bond acceptors (Lipinski definition) is 3. The maximum atomic E-state index is 9.62. The quantitative estimate of drug-likeness (QED) is 0.312. The van der Waals surface area contributed by atoms with Crippen LogP contribution < -0.4 is 10.6 Å². The van der Waals surface area contributed by atoms with Crippen molar-refractivity contribution in [2.45, 2.75) is 51.9 Å². The van der Waals surface area contributed by atoms with Crippen LogP contribution in [0, 0.1) is 0 Å². The summed E-state index contributed by atoms with van der Waals surface area (Å²) in [4.78, 5) is 7.26. The average molecular weight is 508 g/mol. The number of nitrogens with one attached hydrogen (secondary N) is 2. The van der Waals surface area contributed by atoms with Crippen molar-refractivity contribution >= 4 is 29.9 Å². The van der Waals surface area contributed by atoms with Crippen LogP contribution in [-0.4, -0.2) is 41.1 Å². The second-order valence-corrected chi connectivity index (χ2v) is 7.54. The van der Waals surface area contributed by atoms with Gasteiger partial charge in [-0.1, -0.05) is 42.5 Å². The van der Waals surface area contributed by atoms with E-state index in [1.807, 2.05) is 12.1 Å². The highest BCUT2D eigenvalue weighted by Gasteiger charge is 2.25. The molecule has 2 unspecified atom stereocenters. The lowest BCUT2D eigenvalue weighted by Gasteiger charge is -2.38. The molecule has 0 aliphatic carbocycles. The molecule has 2 aromatic rings. The molecule has 6 heteroatoms. The van der Waals surface area contributed by atoms with E-state index >= 15 is 0 Å². The van der Waals surface area contributed by atoms with Crippen LogP contribution in [0.4, 0.5) is 0 Å². The predicted octanol–water partition coefficient (Wildman–Crippen LogP) is 4.12. The van der Waals surface area contributed by atoms with Crippen LogP contribution in [0.5, 0.6) is 5.75 Å². The molecule has 158 valence electrons. The lowest BCUT2D eigenvalue weighted by molar-refractivity contribution is 0.134. The second kappa shape index (κ2) is 12.0. The Bertz CT molecular complexity index is 768. The normalized spacial score (nSPS) is 20.0. The molecule has 0 spiro atoms. The predicted molar refractivity (Wildman–Crippen MR) is 131 cm³/mol. The number of phenols is 1. The standard InChI is InChI=1S/C23H32N4O.HI/c1-3-24-23(25-16-20-10-7-11-22(28)15-20)26-21-12-13-27(18(2)14-21)17-19-8-5-4-6-9-19;/h4-11,15,18,21,28H,3,12-14,16-17H2,1-2H3,(H2,24,25,26);1H. The zero-order valence-corrected chi connectivity index (χ0v) is 19.7. The fraction of sp³-hybridized carbons (Fsp3) is 0.435. The molecule has 3 N–H and O–H groups in total. The van der Waals surface area contributed by atoms with Crippen molar-refractivity contribution in [3.05, 3.63) is 65.7 Å². The third kappa shape index (κ3) is 7.51. The van der Waals surface area contributed by atoms with Gasteiger partial charge < -0.3 is 15.7 Å². The third-order valence-corrected chi connectivity index (χ3v) is 5.26. The lowest BCUT2D eigenvalue weighted by Crippen LogP contribution is -2.51. The Balaban J connectivity index is 0.00000300. The minimum Gasteiger partial charge on any atom is -0.508 e. The van der Waals surface area contributed by atoms with Crippen molar-refractivity contribution in [3.8, 4) is 5.75 Å². The van der Waals surface area contributed by atoms with Crippen LogP contribution in [0.25, 0.3) is 0 Å². The van der Waals surface area contributed by atoms with E-state index in [1.165, 1.54) is 5.56 Å². The fourth-order valence-corrected chi connectivity index (χ4v) is 3.74. The van der Waals surface area contributed by atoms with Crippen LogP contribution in [0.15, 0.2) is 59.6 Å². The molecule has 0 bridgehead atoms. The molecule has 0 saturated carbocycles. The molecule has 1 fully saturated rings. The summed E-state index contributed by atoms with van der Waals surface area (Å²) in [5.74, 6) is 1.13. The van der Waals surface area contributed by atoms with Gasteiger partial charge in [0.25, 0.3) is 0 Å². The molecule has 0 radical (unpaired) electrons. The number of piperidine rings is 1. The van der Waals surface area contributed by atoms with Crippen molar-refractivity contribution in [2.75, 3.05) is 13.1 Å². The highest BCUT2D eigenvalue weighted by atomic mass is 127. The number of phenolic OH excluding ortho intramolecular Hbond substituents is 1. The van der Waals surface area contributed by atoms with Crippen molar-refractivity contribution in [2.24, 2.45) is 4.99 Å². The Kier molecular flexibility index (Phi) is 9.73. The van der Waals surface area contributed by atoms with E-state index in [0.717, 1.165) is 44.0 Å². The summed E-state index contributed by atoms with van der Waals surface area (Å²) in [6, 6.07) is 18.9. The van der Waals surface area contributed by atoms with Crippen LogP contribution >= 0.6 is 24.0 Å². The number of rotatable bonds is 6. The average Bonchev–Trinajstić information content (AvgIpc) is 2.69. The molecule has 2 atom stereocenters. The fourth-order valence-electron chi connectivity index (χ4n) is 3.74. The van der Waals surface area contributed by atoms with Crippen molar-refractivity contribution < 1.29 is 5.11 Å². The number of aromatic hydroxyl groups is 1. The zero-order valence-electron chi connectivity index (χ0n) is 17.3. The summed E-state index contributed by atoms with van der Waals surface area (Å²) in [6.45, 7) is 7.87. The van der Waals surface area contributed by atoms with Crippen molar-refractivity contribution in [1.82, 2.24) is 15.5 Å². The summed E-state index contributed by atoms with van der Waals surface area (Å²) in [5.41, 5.74) is 2.38. The summed E-state index contributed by atoms with van der Waals surface area (Å²) < 4.78 is 0. The highest BCUT2D eigenvalue weighted by molar-refractivity contribution is 14.0. The Labute approximate surface area is 191 Å². The van der Waals surface area contributed by atoms with Gasteiger partial charge in [0.05, 0.1) is 6.54 Å². The molecule has 1 aliphatic heterocycles. The van der Waals surface area contributed by atoms with E-state index in [4.69, 9.17) is 4.99 Å². The largest absolute Gasteiger partial charge is 0.508 e. The molecule has 1 heterocycles. The first-order chi connectivity index (χ1) is 13.6. The molecule has 29 heavy (non-hydrogen) atoms. The Hall–Kier alpha value is -1.80. The van der Waals surface area contributed by atoms with Crippen LogP contribution in [0.1, 0.15) is 37.8 Å². The monoisotopic (exact) mass is 508 g/mol. The first kappa shape index (κ1) is 23.5. The van der Waals surface area contributed by atoms with Gasteiger partial charge in [0.2, 0.25) is 0 Å². The minimum absolute atomic E-state index is 0. The molecule has 3 rings (SSSR count). The SMILES string of the molecule is CCNC(=NCc1cccc(O)c1)NC1CCN(Cc2ccccc2)C(C)C1.I. The molecule has 1 saturated heterocycles. The van der Waals surface area contributed by atoms with Gasteiger partial charge in [0.15, 0.2) is 5.96 Å². The second-order valence-electron chi connectivity index (χ2n) is 7.54. The topological polar surface area (TPSA) is 59.9 Å². The van der Waals surface area contributed by atoms with Crippen LogP contribution in [0.3, 0.4) is 0 Å². The Morgan fingerprint density at radius 2 is 1.90 bits per heavy atom. The molecule has 5 nitrogen and oxygen atoms in total. The summed E-state index contributed by atoms with van der Waals surface area (Å²) in [7, 11) is 0. The van der Waals surface area contributed by atoms with Gasteiger partial charge in [-0.25, -0.2) is 4.99 Å². The summed E-state index contributed by atoms with van der Waals surface area (Å²) >= 11 is 0. The van der Waals surface area contributed by atoms with Gasteiger partial charge in [-0.3, -0.25) is 4.90 Å². The van der Waals surface area contributed by atoms with E-state index in [9.17, 15) is 5.11 Å². The number of guanidine groups is 1. The van der Waals surface area contributed by atoms with E-state index in [0.29, 0.717) is 18.6 Å². The Morgan fingerprint density at radius 1 is 1.14 bits per heavy atom. The summed E-state index contributed by atoms with van der Waals surface area (Å²) in [6.07, 6.45) is 2.21. The molecular weight excluding hydrogens is 475 g/mol. The van der Waals surface area contributed by atoms with E-state index in [1.54, 1.807) is 12.1 Å². The maximum absolute atomic E-state index is 9.62. The molecule has 2 aromatic carbocycles. The van der Waals surface area contributed by atoms with Gasteiger partial charge in [-0.15, -0.1) is 24.0 Å². The van der Waals surface area contributed by atoms with Gasteiger partial charge in [-0.2, -0.15) is 0 Å². The number of aliphatic imine (C=N–C) groups is 1. The third-order valence-electron chi connectivity index (χ3n) is 5.26. The molecule has 0 aromatic heterocycles. The van der Waals surface area contributed by atoms with Gasteiger partial charge in [0.1, 0.15) is 5.75 Å². The molecule has 0 amide bonds. The molecular formula is C23H33IN4O. The zero-order chi connectivity index (χ0) is 19.8. The smallest absolute Gasteiger partial charge is 0.191 e. The van der Waals surface area contributed by atoms with Gasteiger partial charge in [0, 0.05) is 31.7 Å². The van der Waals surface area contributed by atoms with Crippen LogP contribution in [0.2, 0.25) is 0 Å². The number of halogens is 1. The Morgan fingerprint density at radius 3 is 2.59 bits per heavy atom. The lowest BCUT2D eigenvalue weighted by atomic mass is 9.97. The van der Waals surface area contributed by atoms with Crippen LogP contribution in [-0.2, 0) is 13.1 Å². The first-order valence-corrected chi connectivity index (χ1v) is 10.2. The number of nitrogens with zero attached hydrogens (tertiary/aromatic N) is 2. The van der Waals surface area contributed by atoms with Crippen molar-refractivity contribution in [3.63, 3.8) is 0 Å². The minimum atomic E-state index is 0. The first-order valence-electron chi connectivity index (χ1n) is 10.2. The van der Waals surface area contributed by atoms with E-state index in [2.05, 4.69) is 59.7 Å². The summed E-state index contributed by atoms with van der Waals surface area (Å²) in [5, 5.41) is 16.6. The van der Waals surface area contributed by atoms with E-state index < -0.39 is 0 Å². The van der Waals surface area contributed by atoms with E-state index in [-0.39, 0.29) is 29.7 Å².